The average Bonchev–Trinajstić information content (AvgIpc) is 2.37. The van der Waals surface area contributed by atoms with Gasteiger partial charge in [-0.1, -0.05) is 0 Å². The van der Waals surface area contributed by atoms with Gasteiger partial charge in [-0.2, -0.15) is 5.21 Å². The van der Waals surface area contributed by atoms with Gasteiger partial charge in [0.2, 0.25) is 0 Å². The molecule has 1 aromatic rings. The number of hydrogen-bond donors (Lipinski definition) is 2. The minimum atomic E-state index is -0.549. The summed E-state index contributed by atoms with van der Waals surface area (Å²) in [5.74, 6) is 0.313. The van der Waals surface area contributed by atoms with Gasteiger partial charge in [0.05, 0.1) is 6.61 Å². The van der Waals surface area contributed by atoms with Crippen LogP contribution >= 0.6 is 15.9 Å². The molecule has 2 N–H and O–H groups in total. The molecule has 1 amide bonds. The molecule has 0 fully saturated rings. The lowest BCUT2D eigenvalue weighted by Gasteiger charge is -2.00. The van der Waals surface area contributed by atoms with Crippen LogP contribution in [0, 0.1) is 0 Å². The fourth-order valence-electron chi connectivity index (χ4n) is 0.561. The zero-order valence-corrected chi connectivity index (χ0v) is 7.88. The third-order valence-corrected chi connectivity index (χ3v) is 1.55. The van der Waals surface area contributed by atoms with Gasteiger partial charge in [0.1, 0.15) is 0 Å². The van der Waals surface area contributed by atoms with Crippen LogP contribution in [0.2, 0.25) is 0 Å². The largest absolute Gasteiger partial charge is 0.450 e. The molecule has 0 aliphatic heterocycles. The molecule has 0 unspecified atom stereocenters. The molecule has 0 aromatic carbocycles. The van der Waals surface area contributed by atoms with Crippen molar-refractivity contribution in [1.29, 1.82) is 0 Å². The molecule has 0 bridgehead atoms. The molecule has 0 atom stereocenters. The number of amides is 1. The van der Waals surface area contributed by atoms with E-state index in [4.69, 9.17) is 0 Å². The fraction of sp³-hybridized carbons (Fsp3) is 0.400. The summed E-state index contributed by atoms with van der Waals surface area (Å²) in [5.41, 5.74) is 0. The van der Waals surface area contributed by atoms with E-state index < -0.39 is 6.09 Å². The lowest BCUT2D eigenvalue weighted by atomic mass is 10.7. The van der Waals surface area contributed by atoms with Gasteiger partial charge < -0.3 is 4.74 Å². The Labute approximate surface area is 76.8 Å². The van der Waals surface area contributed by atoms with Crippen LogP contribution in [0.1, 0.15) is 6.92 Å². The number of anilines is 1. The van der Waals surface area contributed by atoms with Crippen LogP contribution in [0.15, 0.2) is 4.60 Å². The minimum absolute atomic E-state index is 0.313. The Bertz CT molecular complexity index is 274. The van der Waals surface area contributed by atoms with Gasteiger partial charge in [-0.15, -0.1) is 10.2 Å². The second-order valence-corrected chi connectivity index (χ2v) is 2.56. The zero-order chi connectivity index (χ0) is 8.97. The van der Waals surface area contributed by atoms with Crippen LogP contribution in [0.4, 0.5) is 10.6 Å². The van der Waals surface area contributed by atoms with Gasteiger partial charge in [0.25, 0.3) is 0 Å². The van der Waals surface area contributed by atoms with Crippen molar-refractivity contribution < 1.29 is 9.53 Å². The number of carbonyl (C=O) groups is 1. The van der Waals surface area contributed by atoms with Crippen molar-refractivity contribution in [2.45, 2.75) is 6.92 Å². The van der Waals surface area contributed by atoms with Crippen LogP contribution in [-0.4, -0.2) is 28.1 Å². The summed E-state index contributed by atoms with van der Waals surface area (Å²) in [6.07, 6.45) is -0.549. The van der Waals surface area contributed by atoms with E-state index in [1.807, 2.05) is 0 Å². The molecular weight excluding hydrogens is 228 g/mol. The summed E-state index contributed by atoms with van der Waals surface area (Å²) < 4.78 is 5.06. The van der Waals surface area contributed by atoms with Gasteiger partial charge in [-0.25, -0.2) is 4.79 Å². The highest BCUT2D eigenvalue weighted by molar-refractivity contribution is 9.10. The molecule has 1 rings (SSSR count). The number of aromatic amines is 1. The van der Waals surface area contributed by atoms with Crippen molar-refractivity contribution >= 4 is 27.8 Å². The van der Waals surface area contributed by atoms with Crippen molar-refractivity contribution in [2.24, 2.45) is 0 Å². The maximum atomic E-state index is 10.8. The van der Waals surface area contributed by atoms with Gasteiger partial charge in [-0.3, -0.25) is 5.32 Å². The van der Waals surface area contributed by atoms with E-state index in [9.17, 15) is 4.79 Å². The smallest absolute Gasteiger partial charge is 0.412 e. The van der Waals surface area contributed by atoms with E-state index >= 15 is 0 Å². The lowest BCUT2D eigenvalue weighted by Crippen LogP contribution is -2.13. The number of H-pyrrole nitrogens is 1. The van der Waals surface area contributed by atoms with Crippen LogP contribution in [-0.2, 0) is 4.74 Å². The number of rotatable bonds is 2. The van der Waals surface area contributed by atoms with E-state index in [2.05, 4.69) is 41.4 Å². The Balaban J connectivity index is 2.52. The van der Waals surface area contributed by atoms with E-state index in [-0.39, 0.29) is 0 Å². The Morgan fingerprint density at radius 3 is 3.00 bits per heavy atom. The number of carbonyl (C=O) groups excluding carboxylic acids is 1. The highest BCUT2D eigenvalue weighted by Gasteiger charge is 2.08. The van der Waals surface area contributed by atoms with E-state index in [0.29, 0.717) is 17.0 Å². The molecule has 1 aromatic heterocycles. The van der Waals surface area contributed by atoms with Crippen molar-refractivity contribution in [2.75, 3.05) is 11.9 Å². The first-order chi connectivity index (χ1) is 5.74. The summed E-state index contributed by atoms with van der Waals surface area (Å²) in [4.78, 5) is 10.8. The molecule has 1 heterocycles. The second kappa shape index (κ2) is 4.05. The summed E-state index contributed by atoms with van der Waals surface area (Å²) in [6.45, 7) is 2.04. The molecule has 6 nitrogen and oxygen atoms in total. The number of nitrogens with zero attached hydrogens (tertiary/aromatic N) is 2. The van der Waals surface area contributed by atoms with Crippen molar-refractivity contribution in [3.05, 3.63) is 4.60 Å². The molecule has 66 valence electrons. The monoisotopic (exact) mass is 234 g/mol. The number of nitrogens with one attached hydrogen (secondary N) is 2. The molecule has 0 aliphatic carbocycles. The van der Waals surface area contributed by atoms with E-state index in [1.165, 1.54) is 0 Å². The Kier molecular flexibility index (Phi) is 3.03. The van der Waals surface area contributed by atoms with Crippen LogP contribution < -0.4 is 5.32 Å². The third-order valence-electron chi connectivity index (χ3n) is 1.00. The molecule has 0 saturated carbocycles. The van der Waals surface area contributed by atoms with Crippen molar-refractivity contribution in [1.82, 2.24) is 15.4 Å². The lowest BCUT2D eigenvalue weighted by molar-refractivity contribution is 0.168. The molecule has 0 spiro atoms. The summed E-state index contributed by atoms with van der Waals surface area (Å²) in [5, 5.41) is 12.0. The molecule has 0 saturated heterocycles. The number of aromatic nitrogens is 3. The zero-order valence-electron chi connectivity index (χ0n) is 6.30. The topological polar surface area (TPSA) is 79.9 Å². The summed E-state index contributed by atoms with van der Waals surface area (Å²) in [6, 6.07) is 0. The van der Waals surface area contributed by atoms with Gasteiger partial charge in [0, 0.05) is 0 Å². The van der Waals surface area contributed by atoms with Crippen LogP contribution in [0.5, 0.6) is 0 Å². The molecule has 12 heavy (non-hydrogen) atoms. The van der Waals surface area contributed by atoms with Crippen LogP contribution in [0.3, 0.4) is 0 Å². The predicted octanol–water partition coefficient (Wildman–Crippen LogP) is 1.14. The molecule has 7 heteroatoms. The maximum Gasteiger partial charge on any atom is 0.412 e. The number of hydrogen-bond acceptors (Lipinski definition) is 4. The van der Waals surface area contributed by atoms with Gasteiger partial charge in [0.15, 0.2) is 10.4 Å². The predicted molar refractivity (Wildman–Crippen MR) is 44.7 cm³/mol. The molecule has 0 aliphatic rings. The first kappa shape index (κ1) is 8.98. The number of ether oxygens (including phenoxy) is 1. The van der Waals surface area contributed by atoms with Crippen molar-refractivity contribution in [3.8, 4) is 0 Å². The Morgan fingerprint density at radius 1 is 1.75 bits per heavy atom. The van der Waals surface area contributed by atoms with Crippen molar-refractivity contribution in [3.63, 3.8) is 0 Å². The van der Waals surface area contributed by atoms with Crippen LogP contribution in [0.25, 0.3) is 0 Å². The third kappa shape index (κ3) is 2.19. The quantitative estimate of drug-likeness (QED) is 0.805. The fourth-order valence-corrected chi connectivity index (χ4v) is 0.828. The van der Waals surface area contributed by atoms with Gasteiger partial charge >= 0.3 is 6.09 Å². The molecule has 0 radical (unpaired) electrons. The SMILES string of the molecule is CCOC(=O)Nc1n[nH]nc1Br. The number of halogens is 1. The normalized spacial score (nSPS) is 9.50. The minimum Gasteiger partial charge on any atom is -0.450 e. The average molecular weight is 235 g/mol. The standard InChI is InChI=1S/C5H7BrN4O2/c1-2-12-5(11)7-4-3(6)8-10-9-4/h2H2,1H3,(H2,7,8,9,10,11). The summed E-state index contributed by atoms with van der Waals surface area (Å²) >= 11 is 3.07. The highest BCUT2D eigenvalue weighted by Crippen LogP contribution is 2.14. The Morgan fingerprint density at radius 2 is 2.50 bits per heavy atom. The van der Waals surface area contributed by atoms with E-state index in [0.717, 1.165) is 0 Å². The highest BCUT2D eigenvalue weighted by atomic mass is 79.9. The first-order valence-corrected chi connectivity index (χ1v) is 4.03. The second-order valence-electron chi connectivity index (χ2n) is 1.81. The van der Waals surface area contributed by atoms with Gasteiger partial charge in [-0.05, 0) is 22.9 Å². The maximum absolute atomic E-state index is 10.8. The first-order valence-electron chi connectivity index (χ1n) is 3.24. The molecular formula is C5H7BrN4O2. The Hall–Kier alpha value is -1.11. The summed E-state index contributed by atoms with van der Waals surface area (Å²) in [7, 11) is 0. The van der Waals surface area contributed by atoms with E-state index in [1.54, 1.807) is 6.92 Å².